The van der Waals surface area contributed by atoms with Gasteiger partial charge >= 0.3 is 0 Å². The van der Waals surface area contributed by atoms with Crippen LogP contribution in [0.5, 0.6) is 0 Å². The molecule has 0 spiro atoms. The van der Waals surface area contributed by atoms with Crippen molar-refractivity contribution in [3.63, 3.8) is 0 Å². The zero-order valence-corrected chi connectivity index (χ0v) is 14.5. The fourth-order valence-electron chi connectivity index (χ4n) is 2.18. The van der Waals surface area contributed by atoms with Crippen molar-refractivity contribution >= 4 is 53.2 Å². The average molecular weight is 417 g/mol. The molecule has 0 radical (unpaired) electrons. The summed E-state index contributed by atoms with van der Waals surface area (Å²) in [6.45, 7) is 0.536. The Labute approximate surface area is 129 Å². The molecule has 2 rings (SSSR count). The van der Waals surface area contributed by atoms with Crippen LogP contribution in [0.1, 0.15) is 25.7 Å². The van der Waals surface area contributed by atoms with Gasteiger partial charge in [-0.1, -0.05) is 22.4 Å². The molecular weight excluding hydrogens is 402 g/mol. The van der Waals surface area contributed by atoms with Crippen LogP contribution in [0.4, 0.5) is 0 Å². The monoisotopic (exact) mass is 415 g/mol. The van der Waals surface area contributed by atoms with E-state index < -0.39 is 10.0 Å². The summed E-state index contributed by atoms with van der Waals surface area (Å²) in [5.41, 5.74) is 0. The van der Waals surface area contributed by atoms with Gasteiger partial charge in [0.15, 0.2) is 0 Å². The van der Waals surface area contributed by atoms with Crippen LogP contribution in [-0.2, 0) is 10.0 Å². The molecular formula is C11H15Br2NO2S2. The van der Waals surface area contributed by atoms with Crippen LogP contribution >= 0.6 is 43.2 Å². The number of thiophene rings is 1. The summed E-state index contributed by atoms with van der Waals surface area (Å²) in [7, 11) is -3.36. The van der Waals surface area contributed by atoms with E-state index in [-0.39, 0.29) is 0 Å². The zero-order chi connectivity index (χ0) is 13.2. The summed E-state index contributed by atoms with van der Waals surface area (Å²) in [5, 5.41) is 1.77. The Morgan fingerprint density at radius 3 is 2.83 bits per heavy atom. The van der Waals surface area contributed by atoms with Crippen molar-refractivity contribution in [2.75, 3.05) is 6.54 Å². The minimum Gasteiger partial charge on any atom is -0.210 e. The Bertz CT molecular complexity index is 501. The lowest BCUT2D eigenvalue weighted by atomic mass is 9.89. The maximum atomic E-state index is 12.1. The van der Waals surface area contributed by atoms with Crippen LogP contribution in [0.25, 0.3) is 0 Å². The quantitative estimate of drug-likeness (QED) is 0.759. The summed E-state index contributed by atoms with van der Waals surface area (Å²) in [6, 6.07) is 1.76. The van der Waals surface area contributed by atoms with Gasteiger partial charge in [-0.2, -0.15) is 0 Å². The molecule has 1 saturated carbocycles. The Morgan fingerprint density at radius 2 is 2.22 bits per heavy atom. The SMILES string of the molecule is O=S(=O)(NCC1CCCC(Br)C1)c1sccc1Br. The lowest BCUT2D eigenvalue weighted by Crippen LogP contribution is -2.31. The predicted octanol–water partition coefficient (Wildman–Crippen LogP) is 3.74. The Morgan fingerprint density at radius 1 is 1.44 bits per heavy atom. The molecule has 1 N–H and O–H groups in total. The van der Waals surface area contributed by atoms with Crippen LogP contribution in [-0.4, -0.2) is 19.8 Å². The fraction of sp³-hybridized carbons (Fsp3) is 0.636. The molecule has 2 unspecified atom stereocenters. The highest BCUT2D eigenvalue weighted by Gasteiger charge is 2.24. The van der Waals surface area contributed by atoms with Gasteiger partial charge in [-0.05, 0) is 52.6 Å². The number of nitrogens with one attached hydrogen (secondary N) is 1. The molecule has 1 fully saturated rings. The molecule has 18 heavy (non-hydrogen) atoms. The number of hydrogen-bond acceptors (Lipinski definition) is 3. The molecule has 1 aromatic rings. The van der Waals surface area contributed by atoms with E-state index >= 15 is 0 Å². The molecule has 0 saturated heterocycles. The van der Waals surface area contributed by atoms with Crippen LogP contribution in [0.15, 0.2) is 20.1 Å². The maximum Gasteiger partial charge on any atom is 0.251 e. The Balaban J connectivity index is 1.95. The predicted molar refractivity (Wildman–Crippen MR) is 81.9 cm³/mol. The summed E-state index contributed by atoms with van der Waals surface area (Å²) in [5.74, 6) is 0.441. The third-order valence-corrected chi connectivity index (χ3v) is 8.03. The molecule has 1 heterocycles. The largest absolute Gasteiger partial charge is 0.251 e. The molecule has 1 aliphatic carbocycles. The first kappa shape index (κ1) is 15.0. The molecule has 0 amide bonds. The van der Waals surface area contributed by atoms with Crippen molar-refractivity contribution in [1.82, 2.24) is 4.72 Å². The third kappa shape index (κ3) is 3.79. The van der Waals surface area contributed by atoms with Crippen molar-refractivity contribution in [3.8, 4) is 0 Å². The number of sulfonamides is 1. The van der Waals surface area contributed by atoms with E-state index in [1.54, 1.807) is 11.4 Å². The summed E-state index contributed by atoms with van der Waals surface area (Å²) >= 11 is 8.12. The number of halogens is 2. The molecule has 102 valence electrons. The van der Waals surface area contributed by atoms with Gasteiger partial charge in [0.1, 0.15) is 4.21 Å². The van der Waals surface area contributed by atoms with Gasteiger partial charge in [0.25, 0.3) is 10.0 Å². The van der Waals surface area contributed by atoms with E-state index in [9.17, 15) is 8.42 Å². The molecule has 3 nitrogen and oxygen atoms in total. The zero-order valence-electron chi connectivity index (χ0n) is 9.73. The van der Waals surface area contributed by atoms with E-state index in [1.807, 2.05) is 0 Å². The first-order chi connectivity index (χ1) is 8.49. The minimum absolute atomic E-state index is 0.369. The lowest BCUT2D eigenvalue weighted by Gasteiger charge is -2.25. The van der Waals surface area contributed by atoms with Crippen LogP contribution < -0.4 is 4.72 Å². The van der Waals surface area contributed by atoms with Gasteiger partial charge in [-0.15, -0.1) is 11.3 Å². The fourth-order valence-corrected chi connectivity index (χ4v) is 6.52. The van der Waals surface area contributed by atoms with Crippen LogP contribution in [0.3, 0.4) is 0 Å². The highest BCUT2D eigenvalue weighted by molar-refractivity contribution is 9.10. The number of alkyl halides is 1. The summed E-state index contributed by atoms with van der Waals surface area (Å²) in [6.07, 6.45) is 4.52. The summed E-state index contributed by atoms with van der Waals surface area (Å²) < 4.78 is 27.9. The van der Waals surface area contributed by atoms with Crippen molar-refractivity contribution in [1.29, 1.82) is 0 Å². The van der Waals surface area contributed by atoms with Gasteiger partial charge in [0.05, 0.1) is 0 Å². The van der Waals surface area contributed by atoms with Crippen molar-refractivity contribution in [3.05, 3.63) is 15.9 Å². The Kier molecular flexibility index (Phi) is 5.28. The second-order valence-corrected chi connectivity index (χ2v) is 9.57. The van der Waals surface area contributed by atoms with E-state index in [4.69, 9.17) is 0 Å². The van der Waals surface area contributed by atoms with Crippen molar-refractivity contribution in [2.45, 2.75) is 34.7 Å². The Hall–Kier alpha value is 0.570. The van der Waals surface area contributed by atoms with Crippen LogP contribution in [0.2, 0.25) is 0 Å². The second kappa shape index (κ2) is 6.35. The van der Waals surface area contributed by atoms with E-state index in [0.717, 1.165) is 12.8 Å². The standard InChI is InChI=1S/C11H15Br2NO2S2/c12-9-3-1-2-8(6-9)7-14-18(15,16)11-10(13)4-5-17-11/h4-5,8-9,14H,1-3,6-7H2. The van der Waals surface area contributed by atoms with Gasteiger partial charge < -0.3 is 0 Å². The normalized spacial score (nSPS) is 25.2. The molecule has 2 atom stereocenters. The van der Waals surface area contributed by atoms with Crippen molar-refractivity contribution in [2.24, 2.45) is 5.92 Å². The molecule has 0 aromatic carbocycles. The summed E-state index contributed by atoms with van der Waals surface area (Å²) in [4.78, 5) is 0.536. The lowest BCUT2D eigenvalue weighted by molar-refractivity contribution is 0.368. The molecule has 0 bridgehead atoms. The average Bonchev–Trinajstić information content (AvgIpc) is 2.74. The third-order valence-electron chi connectivity index (χ3n) is 3.11. The maximum absolute atomic E-state index is 12.1. The highest BCUT2D eigenvalue weighted by atomic mass is 79.9. The van der Waals surface area contributed by atoms with Gasteiger partial charge in [0, 0.05) is 15.8 Å². The van der Waals surface area contributed by atoms with Gasteiger partial charge in [-0.3, -0.25) is 0 Å². The van der Waals surface area contributed by atoms with Crippen LogP contribution in [0, 0.1) is 5.92 Å². The van der Waals surface area contributed by atoms with E-state index in [1.165, 1.54) is 24.2 Å². The topological polar surface area (TPSA) is 46.2 Å². The van der Waals surface area contributed by atoms with E-state index in [0.29, 0.717) is 26.0 Å². The van der Waals surface area contributed by atoms with Gasteiger partial charge in [0.2, 0.25) is 0 Å². The van der Waals surface area contributed by atoms with Gasteiger partial charge in [-0.25, -0.2) is 13.1 Å². The van der Waals surface area contributed by atoms with E-state index in [2.05, 4.69) is 36.6 Å². The molecule has 0 aliphatic heterocycles. The first-order valence-electron chi connectivity index (χ1n) is 5.86. The number of rotatable bonds is 4. The smallest absolute Gasteiger partial charge is 0.210 e. The minimum atomic E-state index is -3.36. The first-order valence-corrected chi connectivity index (χ1v) is 9.93. The molecule has 1 aliphatic rings. The highest BCUT2D eigenvalue weighted by Crippen LogP contribution is 2.30. The molecule has 7 heteroatoms. The second-order valence-electron chi connectivity index (χ2n) is 4.54. The van der Waals surface area contributed by atoms with Crippen molar-refractivity contribution < 1.29 is 8.42 Å². The number of hydrogen-bond donors (Lipinski definition) is 1. The molecule has 1 aromatic heterocycles.